The summed E-state index contributed by atoms with van der Waals surface area (Å²) in [5.74, 6) is 1.29. The molecule has 1 heterocycles. The minimum absolute atomic E-state index is 0.00908. The van der Waals surface area contributed by atoms with E-state index in [1.54, 1.807) is 24.3 Å². The van der Waals surface area contributed by atoms with E-state index in [0.717, 1.165) is 0 Å². The molecule has 0 fully saturated rings. The summed E-state index contributed by atoms with van der Waals surface area (Å²) in [6.45, 7) is -0.385. The Labute approximate surface area is 182 Å². The smallest absolute Gasteiger partial charge is 0.271 e. The van der Waals surface area contributed by atoms with Crippen molar-refractivity contribution in [2.75, 3.05) is 5.73 Å². The number of nitro benzene ring substituents is 1. The summed E-state index contributed by atoms with van der Waals surface area (Å²) in [6.07, 6.45) is 0.582. The normalized spacial score (nSPS) is 10.7. The number of aldehydes is 1. The van der Waals surface area contributed by atoms with Crippen molar-refractivity contribution in [1.82, 2.24) is 9.78 Å². The lowest BCUT2D eigenvalue weighted by Crippen LogP contribution is -2.07. The lowest BCUT2D eigenvalue weighted by molar-refractivity contribution is -0.384. The van der Waals surface area contributed by atoms with Crippen LogP contribution in [0.1, 0.15) is 15.9 Å². The standard InChI is InChI=1S/C23H18N4O5/c24-23-20(14-29)22(15-7-10-19(11-8-15)32-18-4-2-1-3-5-18)25-26(23)21-12-17(27(30)31)9-6-16(21)13-28/h1-12,14,28H,13,24H2. The first kappa shape index (κ1) is 20.8. The number of aromatic nitrogens is 2. The maximum absolute atomic E-state index is 11.8. The van der Waals surface area contributed by atoms with Gasteiger partial charge in [-0.25, -0.2) is 4.68 Å². The van der Waals surface area contributed by atoms with Crippen LogP contribution in [0.3, 0.4) is 0 Å². The molecule has 0 saturated carbocycles. The van der Waals surface area contributed by atoms with E-state index in [-0.39, 0.29) is 29.4 Å². The largest absolute Gasteiger partial charge is 0.457 e. The van der Waals surface area contributed by atoms with Gasteiger partial charge in [0, 0.05) is 23.3 Å². The Morgan fingerprint density at radius 2 is 1.75 bits per heavy atom. The lowest BCUT2D eigenvalue weighted by Gasteiger charge is -2.09. The van der Waals surface area contributed by atoms with Crippen molar-refractivity contribution in [1.29, 1.82) is 0 Å². The quantitative estimate of drug-likeness (QED) is 0.256. The summed E-state index contributed by atoms with van der Waals surface area (Å²) < 4.78 is 7.01. The molecule has 160 valence electrons. The number of nitro groups is 1. The van der Waals surface area contributed by atoms with Crippen molar-refractivity contribution in [2.45, 2.75) is 6.61 Å². The van der Waals surface area contributed by atoms with Gasteiger partial charge in [0.15, 0.2) is 6.29 Å². The van der Waals surface area contributed by atoms with Gasteiger partial charge in [0.25, 0.3) is 5.69 Å². The maximum atomic E-state index is 11.8. The van der Waals surface area contributed by atoms with Crippen LogP contribution in [0.2, 0.25) is 0 Å². The number of carbonyl (C=O) groups is 1. The Balaban J connectivity index is 1.74. The van der Waals surface area contributed by atoms with Gasteiger partial charge in [0.1, 0.15) is 23.0 Å². The Kier molecular flexibility index (Phi) is 5.65. The molecule has 3 aromatic carbocycles. The van der Waals surface area contributed by atoms with Crippen LogP contribution in [0.4, 0.5) is 11.5 Å². The molecule has 0 bridgehead atoms. The van der Waals surface area contributed by atoms with E-state index in [2.05, 4.69) is 5.10 Å². The first-order valence-electron chi connectivity index (χ1n) is 9.57. The maximum Gasteiger partial charge on any atom is 0.271 e. The summed E-state index contributed by atoms with van der Waals surface area (Å²) >= 11 is 0. The molecule has 0 aliphatic carbocycles. The molecule has 0 saturated heterocycles. The summed E-state index contributed by atoms with van der Waals surface area (Å²) in [6, 6.07) is 20.2. The number of aliphatic hydroxyl groups is 1. The van der Waals surface area contributed by atoms with Crippen LogP contribution < -0.4 is 10.5 Å². The summed E-state index contributed by atoms with van der Waals surface area (Å²) in [7, 11) is 0. The van der Waals surface area contributed by atoms with Crippen molar-refractivity contribution in [2.24, 2.45) is 0 Å². The Bertz CT molecular complexity index is 1280. The average Bonchev–Trinajstić information content (AvgIpc) is 3.15. The van der Waals surface area contributed by atoms with E-state index in [4.69, 9.17) is 10.5 Å². The highest BCUT2D eigenvalue weighted by atomic mass is 16.6. The van der Waals surface area contributed by atoms with Crippen molar-refractivity contribution in [3.05, 3.63) is 94.0 Å². The van der Waals surface area contributed by atoms with E-state index in [0.29, 0.717) is 34.6 Å². The average molecular weight is 430 g/mol. The lowest BCUT2D eigenvalue weighted by atomic mass is 10.1. The molecule has 0 unspecified atom stereocenters. The van der Waals surface area contributed by atoms with Gasteiger partial charge in [-0.3, -0.25) is 14.9 Å². The van der Waals surface area contributed by atoms with Crippen LogP contribution in [0.25, 0.3) is 16.9 Å². The number of anilines is 1. The molecule has 0 aliphatic heterocycles. The number of hydrogen-bond donors (Lipinski definition) is 2. The van der Waals surface area contributed by atoms with Crippen LogP contribution in [0, 0.1) is 10.1 Å². The van der Waals surface area contributed by atoms with Gasteiger partial charge < -0.3 is 15.6 Å². The van der Waals surface area contributed by atoms with Gasteiger partial charge in [0.2, 0.25) is 0 Å². The molecule has 9 nitrogen and oxygen atoms in total. The number of nitrogen functional groups attached to an aromatic ring is 1. The molecule has 3 N–H and O–H groups in total. The zero-order valence-corrected chi connectivity index (χ0v) is 16.7. The topological polar surface area (TPSA) is 134 Å². The third kappa shape index (κ3) is 3.92. The van der Waals surface area contributed by atoms with Gasteiger partial charge in [-0.05, 0) is 42.5 Å². The van der Waals surface area contributed by atoms with Crippen molar-refractivity contribution >= 4 is 17.8 Å². The van der Waals surface area contributed by atoms with E-state index in [1.807, 2.05) is 30.3 Å². The number of hydrogen-bond acceptors (Lipinski definition) is 7. The molecule has 0 spiro atoms. The zero-order chi connectivity index (χ0) is 22.7. The molecular formula is C23H18N4O5. The molecule has 1 aromatic heterocycles. The highest BCUT2D eigenvalue weighted by Crippen LogP contribution is 2.32. The van der Waals surface area contributed by atoms with Crippen molar-refractivity contribution in [3.63, 3.8) is 0 Å². The molecule has 9 heteroatoms. The Morgan fingerprint density at radius 3 is 2.38 bits per heavy atom. The molecular weight excluding hydrogens is 412 g/mol. The minimum atomic E-state index is -0.558. The molecule has 0 radical (unpaired) electrons. The third-order valence-corrected chi connectivity index (χ3v) is 4.86. The second-order valence-electron chi connectivity index (χ2n) is 6.84. The Morgan fingerprint density at radius 1 is 1.06 bits per heavy atom. The van der Waals surface area contributed by atoms with Gasteiger partial charge in [-0.2, -0.15) is 5.10 Å². The summed E-state index contributed by atoms with van der Waals surface area (Å²) in [5.41, 5.74) is 7.61. The van der Waals surface area contributed by atoms with Crippen LogP contribution in [0.15, 0.2) is 72.8 Å². The SMILES string of the molecule is Nc1c(C=O)c(-c2ccc(Oc3ccccc3)cc2)nn1-c1cc([N+](=O)[O-])ccc1CO. The highest BCUT2D eigenvalue weighted by molar-refractivity contribution is 5.92. The van der Waals surface area contributed by atoms with Gasteiger partial charge in [-0.1, -0.05) is 18.2 Å². The fourth-order valence-electron chi connectivity index (χ4n) is 3.26. The number of para-hydroxylation sites is 1. The predicted octanol–water partition coefficient (Wildman–Crippen LogP) is 4.13. The number of rotatable bonds is 7. The van der Waals surface area contributed by atoms with Crippen molar-refractivity contribution in [3.8, 4) is 28.4 Å². The number of carbonyl (C=O) groups excluding carboxylic acids is 1. The van der Waals surface area contributed by atoms with E-state index >= 15 is 0 Å². The van der Waals surface area contributed by atoms with E-state index in [9.17, 15) is 20.0 Å². The fourth-order valence-corrected chi connectivity index (χ4v) is 3.26. The number of non-ortho nitro benzene ring substituents is 1. The summed E-state index contributed by atoms with van der Waals surface area (Å²) in [5, 5.41) is 25.3. The van der Waals surface area contributed by atoms with E-state index < -0.39 is 4.92 Å². The van der Waals surface area contributed by atoms with E-state index in [1.165, 1.54) is 22.9 Å². The number of benzene rings is 3. The molecule has 0 atom stereocenters. The molecule has 4 rings (SSSR count). The summed E-state index contributed by atoms with van der Waals surface area (Å²) in [4.78, 5) is 22.4. The number of nitrogens with two attached hydrogens (primary N) is 1. The van der Waals surface area contributed by atoms with Crippen LogP contribution in [0.5, 0.6) is 11.5 Å². The third-order valence-electron chi connectivity index (χ3n) is 4.86. The monoisotopic (exact) mass is 430 g/mol. The van der Waals surface area contributed by atoms with Gasteiger partial charge in [0.05, 0.1) is 22.8 Å². The zero-order valence-electron chi connectivity index (χ0n) is 16.7. The number of nitrogens with zero attached hydrogens (tertiary/aromatic N) is 3. The number of ether oxygens (including phenoxy) is 1. The van der Waals surface area contributed by atoms with Crippen LogP contribution in [-0.4, -0.2) is 26.1 Å². The molecule has 4 aromatic rings. The highest BCUT2D eigenvalue weighted by Gasteiger charge is 2.21. The Hall–Kier alpha value is -4.50. The molecule has 0 amide bonds. The first-order valence-corrected chi connectivity index (χ1v) is 9.57. The van der Waals surface area contributed by atoms with Crippen molar-refractivity contribution < 1.29 is 19.6 Å². The predicted molar refractivity (Wildman–Crippen MR) is 118 cm³/mol. The van der Waals surface area contributed by atoms with Crippen LogP contribution in [-0.2, 0) is 6.61 Å². The second-order valence-corrected chi connectivity index (χ2v) is 6.84. The van der Waals surface area contributed by atoms with Gasteiger partial charge >= 0.3 is 0 Å². The minimum Gasteiger partial charge on any atom is -0.457 e. The molecule has 32 heavy (non-hydrogen) atoms. The first-order chi connectivity index (χ1) is 15.5. The fraction of sp³-hybridized carbons (Fsp3) is 0.0435. The second kappa shape index (κ2) is 8.70. The number of aliphatic hydroxyl groups excluding tert-OH is 1. The molecule has 0 aliphatic rings. The van der Waals surface area contributed by atoms with Crippen LogP contribution >= 0.6 is 0 Å². The van der Waals surface area contributed by atoms with Gasteiger partial charge in [-0.15, -0.1) is 0 Å².